The Labute approximate surface area is 108 Å². The molecule has 1 aromatic heterocycles. The van der Waals surface area contributed by atoms with Crippen LogP contribution in [-0.2, 0) is 0 Å². The fourth-order valence-corrected chi connectivity index (χ4v) is 1.70. The van der Waals surface area contributed by atoms with Crippen molar-refractivity contribution in [3.8, 4) is 6.01 Å². The maximum atomic E-state index is 5.09. The van der Waals surface area contributed by atoms with Crippen LogP contribution in [0, 0.1) is 5.41 Å². The highest BCUT2D eigenvalue weighted by Crippen LogP contribution is 2.46. The molecule has 6 nitrogen and oxygen atoms in total. The van der Waals surface area contributed by atoms with Gasteiger partial charge in [0.25, 0.3) is 0 Å². The quantitative estimate of drug-likeness (QED) is 0.804. The van der Waals surface area contributed by atoms with Gasteiger partial charge >= 0.3 is 6.01 Å². The molecule has 1 heterocycles. The Hall–Kier alpha value is -1.59. The Morgan fingerprint density at radius 2 is 1.94 bits per heavy atom. The minimum atomic E-state index is 0.330. The molecule has 0 amide bonds. The van der Waals surface area contributed by atoms with E-state index in [1.54, 1.807) is 7.11 Å². The number of aromatic nitrogens is 3. The van der Waals surface area contributed by atoms with Crippen molar-refractivity contribution >= 4 is 11.9 Å². The molecule has 0 aliphatic heterocycles. The Bertz CT molecular complexity index is 421. The van der Waals surface area contributed by atoms with Gasteiger partial charge in [0, 0.05) is 12.6 Å². The summed E-state index contributed by atoms with van der Waals surface area (Å²) in [7, 11) is 1.56. The number of rotatable bonds is 6. The lowest BCUT2D eigenvalue weighted by atomic mass is 10.2. The average Bonchev–Trinajstić information content (AvgIpc) is 2.93. The lowest BCUT2D eigenvalue weighted by Crippen LogP contribution is -2.14. The van der Waals surface area contributed by atoms with Gasteiger partial charge in [0.2, 0.25) is 11.9 Å². The maximum Gasteiger partial charge on any atom is 0.322 e. The van der Waals surface area contributed by atoms with Gasteiger partial charge in [0.1, 0.15) is 0 Å². The highest BCUT2D eigenvalue weighted by Gasteiger charge is 2.46. The maximum absolute atomic E-state index is 5.09. The van der Waals surface area contributed by atoms with Gasteiger partial charge in [-0.2, -0.15) is 15.0 Å². The smallest absolute Gasteiger partial charge is 0.322 e. The molecule has 2 N–H and O–H groups in total. The van der Waals surface area contributed by atoms with E-state index in [1.165, 1.54) is 0 Å². The first-order chi connectivity index (χ1) is 8.55. The van der Waals surface area contributed by atoms with Gasteiger partial charge in [-0.1, -0.05) is 20.8 Å². The van der Waals surface area contributed by atoms with Crippen LogP contribution in [0.25, 0.3) is 0 Å². The minimum absolute atomic E-state index is 0.330. The predicted octanol–water partition coefficient (Wildman–Crippen LogP) is 1.91. The molecule has 0 bridgehead atoms. The number of nitrogens with one attached hydrogen (secondary N) is 2. The standard InChI is InChI=1S/C12H21N5O/c1-5-6-13-9-15-10(17-11(16-9)18-4)14-8-7-12(8,2)3/h8H,5-7H2,1-4H3,(H2,13,14,15,16,17). The zero-order valence-corrected chi connectivity index (χ0v) is 11.4. The van der Waals surface area contributed by atoms with Crippen molar-refractivity contribution < 1.29 is 4.74 Å². The van der Waals surface area contributed by atoms with E-state index >= 15 is 0 Å². The number of methoxy groups -OCH3 is 1. The Morgan fingerprint density at radius 1 is 1.28 bits per heavy atom. The van der Waals surface area contributed by atoms with Crippen molar-refractivity contribution in [1.29, 1.82) is 0 Å². The molecule has 6 heteroatoms. The van der Waals surface area contributed by atoms with Gasteiger partial charge in [-0.15, -0.1) is 0 Å². The fourth-order valence-electron chi connectivity index (χ4n) is 1.70. The number of hydrogen-bond acceptors (Lipinski definition) is 6. The van der Waals surface area contributed by atoms with E-state index in [2.05, 4.69) is 46.4 Å². The first-order valence-corrected chi connectivity index (χ1v) is 6.35. The number of nitrogens with zero attached hydrogens (tertiary/aromatic N) is 3. The van der Waals surface area contributed by atoms with Crippen molar-refractivity contribution in [2.75, 3.05) is 24.3 Å². The van der Waals surface area contributed by atoms with E-state index in [0.29, 0.717) is 29.4 Å². The summed E-state index contributed by atoms with van der Waals surface area (Å²) < 4.78 is 5.09. The van der Waals surface area contributed by atoms with Crippen molar-refractivity contribution in [1.82, 2.24) is 15.0 Å². The predicted molar refractivity (Wildman–Crippen MR) is 71.0 cm³/mol. The molecule has 1 aliphatic carbocycles. The molecule has 0 radical (unpaired) electrons. The minimum Gasteiger partial charge on any atom is -0.467 e. The van der Waals surface area contributed by atoms with Gasteiger partial charge in [-0.3, -0.25) is 0 Å². The normalized spacial score (nSPS) is 20.3. The van der Waals surface area contributed by atoms with E-state index in [9.17, 15) is 0 Å². The zero-order valence-electron chi connectivity index (χ0n) is 11.4. The van der Waals surface area contributed by atoms with E-state index < -0.39 is 0 Å². The molecular formula is C12H21N5O. The van der Waals surface area contributed by atoms with Crippen LogP contribution in [0.3, 0.4) is 0 Å². The van der Waals surface area contributed by atoms with E-state index in [4.69, 9.17) is 4.74 Å². The van der Waals surface area contributed by atoms with Crippen LogP contribution in [0.2, 0.25) is 0 Å². The van der Waals surface area contributed by atoms with Gasteiger partial charge < -0.3 is 15.4 Å². The van der Waals surface area contributed by atoms with Crippen molar-refractivity contribution in [2.24, 2.45) is 5.41 Å². The van der Waals surface area contributed by atoms with Crippen LogP contribution in [0.4, 0.5) is 11.9 Å². The number of anilines is 2. The lowest BCUT2D eigenvalue weighted by molar-refractivity contribution is 0.379. The van der Waals surface area contributed by atoms with Crippen LogP contribution >= 0.6 is 0 Å². The lowest BCUT2D eigenvalue weighted by Gasteiger charge is -2.09. The number of ether oxygens (including phenoxy) is 1. The van der Waals surface area contributed by atoms with Crippen molar-refractivity contribution in [3.63, 3.8) is 0 Å². The van der Waals surface area contributed by atoms with Crippen LogP contribution in [0.5, 0.6) is 6.01 Å². The van der Waals surface area contributed by atoms with Crippen LogP contribution in [-0.4, -0.2) is 34.6 Å². The molecular weight excluding hydrogens is 230 g/mol. The summed E-state index contributed by atoms with van der Waals surface area (Å²) in [5.74, 6) is 1.14. The molecule has 2 rings (SSSR count). The Kier molecular flexibility index (Phi) is 3.54. The SMILES string of the molecule is CCCNc1nc(NC2CC2(C)C)nc(OC)n1. The van der Waals surface area contributed by atoms with Gasteiger partial charge in [0.05, 0.1) is 7.11 Å². The molecule has 1 atom stereocenters. The summed E-state index contributed by atoms with van der Waals surface area (Å²) in [5, 5.41) is 6.46. The third kappa shape index (κ3) is 3.00. The average molecular weight is 251 g/mol. The Balaban J connectivity index is 2.08. The van der Waals surface area contributed by atoms with Gasteiger partial charge in [-0.25, -0.2) is 0 Å². The summed E-state index contributed by atoms with van der Waals surface area (Å²) in [6, 6.07) is 0.771. The monoisotopic (exact) mass is 251 g/mol. The highest BCUT2D eigenvalue weighted by atomic mass is 16.5. The third-order valence-electron chi connectivity index (χ3n) is 3.15. The van der Waals surface area contributed by atoms with Crippen molar-refractivity contribution in [2.45, 2.75) is 39.7 Å². The second-order valence-electron chi connectivity index (χ2n) is 5.29. The molecule has 0 aromatic carbocycles. The summed E-state index contributed by atoms with van der Waals surface area (Å²) >= 11 is 0. The first kappa shape index (κ1) is 12.9. The summed E-state index contributed by atoms with van der Waals surface area (Å²) in [6.45, 7) is 7.37. The molecule has 100 valence electrons. The summed E-state index contributed by atoms with van der Waals surface area (Å²) in [5.41, 5.74) is 0.330. The van der Waals surface area contributed by atoms with E-state index in [1.807, 2.05) is 0 Å². The zero-order chi connectivity index (χ0) is 13.2. The topological polar surface area (TPSA) is 72.0 Å². The first-order valence-electron chi connectivity index (χ1n) is 6.35. The second kappa shape index (κ2) is 4.96. The van der Waals surface area contributed by atoms with Crippen LogP contribution < -0.4 is 15.4 Å². The van der Waals surface area contributed by atoms with Gasteiger partial charge in [-0.05, 0) is 18.3 Å². The van der Waals surface area contributed by atoms with E-state index in [0.717, 1.165) is 19.4 Å². The summed E-state index contributed by atoms with van der Waals surface area (Å²) in [6.07, 6.45) is 2.16. The fraction of sp³-hybridized carbons (Fsp3) is 0.750. The van der Waals surface area contributed by atoms with Crippen LogP contribution in [0.1, 0.15) is 33.6 Å². The van der Waals surface area contributed by atoms with Crippen molar-refractivity contribution in [3.05, 3.63) is 0 Å². The van der Waals surface area contributed by atoms with E-state index in [-0.39, 0.29) is 0 Å². The van der Waals surface area contributed by atoms with Crippen LogP contribution in [0.15, 0.2) is 0 Å². The summed E-state index contributed by atoms with van der Waals surface area (Å²) in [4.78, 5) is 12.7. The third-order valence-corrected chi connectivity index (χ3v) is 3.15. The van der Waals surface area contributed by atoms with Gasteiger partial charge in [0.15, 0.2) is 0 Å². The molecule has 18 heavy (non-hydrogen) atoms. The molecule has 1 aromatic rings. The Morgan fingerprint density at radius 3 is 2.50 bits per heavy atom. The molecule has 0 saturated heterocycles. The molecule has 1 unspecified atom stereocenters. The molecule has 1 aliphatic rings. The second-order valence-corrected chi connectivity index (χ2v) is 5.29. The molecule has 1 saturated carbocycles. The largest absolute Gasteiger partial charge is 0.467 e. The molecule has 0 spiro atoms. The molecule has 1 fully saturated rings. The number of hydrogen-bond donors (Lipinski definition) is 2. The highest BCUT2D eigenvalue weighted by molar-refractivity contribution is 5.38.